The van der Waals surface area contributed by atoms with Crippen LogP contribution in [0.3, 0.4) is 0 Å². The first-order valence-corrected chi connectivity index (χ1v) is 5.90. The van der Waals surface area contributed by atoms with E-state index in [1.54, 1.807) is 0 Å². The Morgan fingerprint density at radius 3 is 2.62 bits per heavy atom. The normalized spacial score (nSPS) is 15.2. The zero-order chi connectivity index (χ0) is 10.3. The summed E-state index contributed by atoms with van der Waals surface area (Å²) in [5.41, 5.74) is 5.26. The zero-order valence-corrected chi connectivity index (χ0v) is 8.68. The highest BCUT2D eigenvalue weighted by atomic mass is 32.2. The molecule has 3 N–H and O–H groups in total. The first-order chi connectivity index (χ1) is 6.07. The van der Waals surface area contributed by atoms with Gasteiger partial charge in [0.25, 0.3) is 0 Å². The second kappa shape index (κ2) is 7.03. The minimum absolute atomic E-state index is 0.297. The molecule has 2 atom stereocenters. The molecule has 0 unspecified atom stereocenters. The van der Waals surface area contributed by atoms with E-state index in [9.17, 15) is 9.00 Å². The number of aliphatic carboxylic acids is 1. The molecule has 0 rings (SSSR count). The van der Waals surface area contributed by atoms with Gasteiger partial charge in [0.2, 0.25) is 0 Å². The molecule has 0 aromatic carbocycles. The van der Waals surface area contributed by atoms with Gasteiger partial charge in [0, 0.05) is 22.3 Å². The molecule has 0 aliphatic rings. The van der Waals surface area contributed by atoms with Gasteiger partial charge in [-0.3, -0.25) is 9.00 Å². The highest BCUT2D eigenvalue weighted by Crippen LogP contribution is 1.96. The fourth-order valence-electron chi connectivity index (χ4n) is 0.789. The van der Waals surface area contributed by atoms with Gasteiger partial charge in [-0.15, -0.1) is 0 Å². The quantitative estimate of drug-likeness (QED) is 0.630. The molecule has 0 saturated carbocycles. The highest BCUT2D eigenvalue weighted by molar-refractivity contribution is 7.84. The maximum absolute atomic E-state index is 11.2. The van der Waals surface area contributed by atoms with Crippen molar-refractivity contribution in [1.82, 2.24) is 0 Å². The molecule has 0 bridgehead atoms. The van der Waals surface area contributed by atoms with Crippen molar-refractivity contribution in [3.05, 3.63) is 0 Å². The molecule has 0 heterocycles. The second-order valence-electron chi connectivity index (χ2n) is 2.94. The van der Waals surface area contributed by atoms with E-state index >= 15 is 0 Å². The van der Waals surface area contributed by atoms with Gasteiger partial charge in [-0.2, -0.15) is 0 Å². The Labute approximate surface area is 81.0 Å². The molecule has 0 aliphatic heterocycles. The predicted molar refractivity (Wildman–Crippen MR) is 53.0 cm³/mol. The van der Waals surface area contributed by atoms with Crippen molar-refractivity contribution in [2.24, 2.45) is 5.73 Å². The number of nitrogens with two attached hydrogens (primary N) is 1. The number of carboxylic acids is 1. The molecular formula is C8H17NO3S. The lowest BCUT2D eigenvalue weighted by atomic mass is 10.2. The fourth-order valence-corrected chi connectivity index (χ4v) is 2.12. The van der Waals surface area contributed by atoms with E-state index in [2.05, 4.69) is 0 Å². The second-order valence-corrected chi connectivity index (χ2v) is 4.63. The van der Waals surface area contributed by atoms with Crippen LogP contribution in [0.5, 0.6) is 0 Å². The summed E-state index contributed by atoms with van der Waals surface area (Å²) in [4.78, 5) is 10.3. The van der Waals surface area contributed by atoms with Crippen LogP contribution in [0.4, 0.5) is 0 Å². The maximum Gasteiger partial charge on any atom is 0.320 e. The molecule has 5 heteroatoms. The average molecular weight is 207 g/mol. The van der Waals surface area contributed by atoms with Crippen LogP contribution >= 0.6 is 0 Å². The topological polar surface area (TPSA) is 80.4 Å². The highest BCUT2D eigenvalue weighted by Gasteiger charge is 2.12. The number of hydrogen-bond donors (Lipinski definition) is 2. The van der Waals surface area contributed by atoms with Gasteiger partial charge in [0.05, 0.1) is 0 Å². The molecule has 0 spiro atoms. The lowest BCUT2D eigenvalue weighted by Gasteiger charge is -2.05. The van der Waals surface area contributed by atoms with Crippen molar-refractivity contribution in [3.63, 3.8) is 0 Å². The summed E-state index contributed by atoms with van der Waals surface area (Å²) < 4.78 is 11.2. The van der Waals surface area contributed by atoms with Crippen molar-refractivity contribution < 1.29 is 14.1 Å². The van der Waals surface area contributed by atoms with Crippen LogP contribution in [0, 0.1) is 0 Å². The maximum atomic E-state index is 11.2. The summed E-state index contributed by atoms with van der Waals surface area (Å²) in [6.07, 6.45) is 2.23. The Balaban J connectivity index is 3.52. The number of carboxylic acid groups (broad SMARTS) is 1. The minimum atomic E-state index is -1.02. The molecule has 0 saturated heterocycles. The van der Waals surface area contributed by atoms with Crippen LogP contribution in [0.25, 0.3) is 0 Å². The van der Waals surface area contributed by atoms with Gasteiger partial charge in [0.15, 0.2) is 0 Å². The van der Waals surface area contributed by atoms with Gasteiger partial charge in [0.1, 0.15) is 6.04 Å². The predicted octanol–water partition coefficient (Wildman–Crippen LogP) is 0.337. The average Bonchev–Trinajstić information content (AvgIpc) is 2.10. The summed E-state index contributed by atoms with van der Waals surface area (Å²) in [5, 5.41) is 8.45. The van der Waals surface area contributed by atoms with Gasteiger partial charge in [-0.05, 0) is 12.8 Å². The van der Waals surface area contributed by atoms with Crippen LogP contribution < -0.4 is 5.73 Å². The van der Waals surface area contributed by atoms with Crippen molar-refractivity contribution >= 4 is 16.8 Å². The van der Waals surface area contributed by atoms with E-state index < -0.39 is 22.8 Å². The van der Waals surface area contributed by atoms with E-state index in [0.29, 0.717) is 17.9 Å². The van der Waals surface area contributed by atoms with Gasteiger partial charge < -0.3 is 10.8 Å². The van der Waals surface area contributed by atoms with E-state index in [-0.39, 0.29) is 0 Å². The first kappa shape index (κ1) is 12.6. The van der Waals surface area contributed by atoms with E-state index in [0.717, 1.165) is 12.8 Å². The van der Waals surface area contributed by atoms with Crippen molar-refractivity contribution in [2.45, 2.75) is 32.2 Å². The van der Waals surface area contributed by atoms with Crippen LogP contribution in [0.15, 0.2) is 0 Å². The summed E-state index contributed by atoms with van der Waals surface area (Å²) >= 11 is 0. The van der Waals surface area contributed by atoms with Crippen LogP contribution in [-0.4, -0.2) is 32.8 Å². The molecule has 78 valence electrons. The Bertz CT molecular complexity index is 184. The van der Waals surface area contributed by atoms with Crippen molar-refractivity contribution in [3.8, 4) is 0 Å². The van der Waals surface area contributed by atoms with Crippen LogP contribution in [0.2, 0.25) is 0 Å². The third-order valence-electron chi connectivity index (χ3n) is 1.70. The van der Waals surface area contributed by atoms with Crippen molar-refractivity contribution in [1.29, 1.82) is 0 Å². The van der Waals surface area contributed by atoms with Crippen molar-refractivity contribution in [2.75, 3.05) is 11.5 Å². The molecule has 0 aromatic heterocycles. The summed E-state index contributed by atoms with van der Waals surface area (Å²) in [5.74, 6) is 0.0310. The Morgan fingerprint density at radius 1 is 1.54 bits per heavy atom. The zero-order valence-electron chi connectivity index (χ0n) is 7.86. The lowest BCUT2D eigenvalue weighted by molar-refractivity contribution is -0.138. The minimum Gasteiger partial charge on any atom is -0.480 e. The SMILES string of the molecule is CCCC[S@](=O)CC[C@@H](N)C(=O)O. The Morgan fingerprint density at radius 2 is 2.15 bits per heavy atom. The first-order valence-electron chi connectivity index (χ1n) is 4.41. The third kappa shape index (κ3) is 6.72. The number of hydrogen-bond acceptors (Lipinski definition) is 3. The number of carbonyl (C=O) groups is 1. The monoisotopic (exact) mass is 207 g/mol. The Kier molecular flexibility index (Phi) is 6.80. The third-order valence-corrected chi connectivity index (χ3v) is 3.13. The summed E-state index contributed by atoms with van der Waals surface area (Å²) in [7, 11) is -0.900. The van der Waals surface area contributed by atoms with E-state index in [1.165, 1.54) is 0 Å². The molecule has 0 aliphatic carbocycles. The molecule has 0 fully saturated rings. The number of rotatable bonds is 7. The largest absolute Gasteiger partial charge is 0.480 e. The van der Waals surface area contributed by atoms with Crippen LogP contribution in [0.1, 0.15) is 26.2 Å². The summed E-state index contributed by atoms with van der Waals surface area (Å²) in [6.45, 7) is 2.03. The van der Waals surface area contributed by atoms with Crippen LogP contribution in [-0.2, 0) is 15.6 Å². The fraction of sp³-hybridized carbons (Fsp3) is 0.875. The standard InChI is InChI=1S/C8H17NO3S/c1-2-3-5-13(12)6-4-7(9)8(10)11/h7H,2-6,9H2,1H3,(H,10,11)/t7-,13+/m1/s1. The van der Waals surface area contributed by atoms with E-state index in [1.807, 2.05) is 6.92 Å². The summed E-state index contributed by atoms with van der Waals surface area (Å²) in [6, 6.07) is -0.870. The molecular weight excluding hydrogens is 190 g/mol. The molecule has 0 radical (unpaired) electrons. The molecule has 0 amide bonds. The van der Waals surface area contributed by atoms with Gasteiger partial charge in [-0.25, -0.2) is 0 Å². The lowest BCUT2D eigenvalue weighted by Crippen LogP contribution is -2.31. The molecule has 13 heavy (non-hydrogen) atoms. The molecule has 0 aromatic rings. The van der Waals surface area contributed by atoms with E-state index in [4.69, 9.17) is 10.8 Å². The molecule has 4 nitrogen and oxygen atoms in total. The smallest absolute Gasteiger partial charge is 0.320 e. The Hall–Kier alpha value is -0.420. The van der Waals surface area contributed by atoms with Gasteiger partial charge in [-0.1, -0.05) is 13.3 Å². The van der Waals surface area contributed by atoms with Gasteiger partial charge >= 0.3 is 5.97 Å². The number of unbranched alkanes of at least 4 members (excludes halogenated alkanes) is 1.